The average molecular weight is 242 g/mol. The van der Waals surface area contributed by atoms with Gasteiger partial charge in [0.05, 0.1) is 19.0 Å². The van der Waals surface area contributed by atoms with E-state index < -0.39 is 6.10 Å². The van der Waals surface area contributed by atoms with Gasteiger partial charge in [-0.05, 0) is 12.1 Å². The van der Waals surface area contributed by atoms with Gasteiger partial charge in [-0.3, -0.25) is 4.79 Å². The van der Waals surface area contributed by atoms with E-state index in [1.807, 2.05) is 0 Å². The molecule has 0 bridgehead atoms. The van der Waals surface area contributed by atoms with Gasteiger partial charge >= 0.3 is 0 Å². The van der Waals surface area contributed by atoms with Crippen molar-refractivity contribution in [1.82, 2.24) is 5.32 Å². The van der Waals surface area contributed by atoms with Crippen LogP contribution < -0.4 is 11.1 Å². The summed E-state index contributed by atoms with van der Waals surface area (Å²) in [4.78, 5) is 10.4. The minimum Gasteiger partial charge on any atom is -0.467 e. The molecule has 6 heteroatoms. The Morgan fingerprint density at radius 3 is 3.12 bits per heavy atom. The molecule has 4 N–H and O–H groups in total. The van der Waals surface area contributed by atoms with Crippen LogP contribution in [-0.2, 0) is 16.1 Å². The van der Waals surface area contributed by atoms with Gasteiger partial charge in [-0.2, -0.15) is 0 Å². The molecule has 17 heavy (non-hydrogen) atoms. The lowest BCUT2D eigenvalue weighted by atomic mass is 10.3. The highest BCUT2D eigenvalue weighted by Crippen LogP contribution is 2.01. The summed E-state index contributed by atoms with van der Waals surface area (Å²) in [5.74, 6) is 0.361. The lowest BCUT2D eigenvalue weighted by molar-refractivity contribution is -0.117. The quantitative estimate of drug-likeness (QED) is 0.513. The molecule has 0 fully saturated rings. The second-order valence-corrected chi connectivity index (χ2v) is 3.67. The number of ether oxygens (including phenoxy) is 1. The molecule has 0 radical (unpaired) electrons. The second-order valence-electron chi connectivity index (χ2n) is 3.67. The lowest BCUT2D eigenvalue weighted by Gasteiger charge is -2.11. The second kappa shape index (κ2) is 7.83. The van der Waals surface area contributed by atoms with Crippen molar-refractivity contribution in [2.75, 3.05) is 19.7 Å². The summed E-state index contributed by atoms with van der Waals surface area (Å²) >= 11 is 0. The lowest BCUT2D eigenvalue weighted by Crippen LogP contribution is -2.32. The molecule has 1 atom stereocenters. The Morgan fingerprint density at radius 1 is 1.65 bits per heavy atom. The van der Waals surface area contributed by atoms with Crippen LogP contribution in [0.4, 0.5) is 0 Å². The van der Waals surface area contributed by atoms with Gasteiger partial charge in [-0.15, -0.1) is 0 Å². The van der Waals surface area contributed by atoms with Crippen molar-refractivity contribution in [2.24, 2.45) is 5.73 Å². The highest BCUT2D eigenvalue weighted by molar-refractivity contribution is 5.73. The minimum atomic E-state index is -0.613. The van der Waals surface area contributed by atoms with Crippen LogP contribution in [0.5, 0.6) is 0 Å². The molecule has 96 valence electrons. The normalized spacial score (nSPS) is 12.5. The van der Waals surface area contributed by atoms with Gasteiger partial charge in [0, 0.05) is 19.5 Å². The fraction of sp³-hybridized carbons (Fsp3) is 0.545. The Labute approximate surface area is 99.7 Å². The Morgan fingerprint density at radius 2 is 2.47 bits per heavy atom. The van der Waals surface area contributed by atoms with Gasteiger partial charge in [0.25, 0.3) is 0 Å². The van der Waals surface area contributed by atoms with E-state index in [2.05, 4.69) is 5.32 Å². The molecule has 0 aliphatic carbocycles. The number of furan rings is 1. The molecular formula is C11H18N2O4. The SMILES string of the molecule is NC(=O)CCNCC(O)COCc1ccco1. The van der Waals surface area contributed by atoms with E-state index in [9.17, 15) is 9.90 Å². The molecule has 1 amide bonds. The largest absolute Gasteiger partial charge is 0.467 e. The minimum absolute atomic E-state index is 0.213. The third-order valence-corrected chi connectivity index (χ3v) is 2.06. The van der Waals surface area contributed by atoms with E-state index in [0.717, 1.165) is 5.76 Å². The molecule has 1 heterocycles. The van der Waals surface area contributed by atoms with Crippen LogP contribution >= 0.6 is 0 Å². The van der Waals surface area contributed by atoms with E-state index in [1.165, 1.54) is 0 Å². The van der Waals surface area contributed by atoms with Gasteiger partial charge in [-0.25, -0.2) is 0 Å². The van der Waals surface area contributed by atoms with E-state index in [-0.39, 0.29) is 18.9 Å². The number of aliphatic hydroxyl groups excluding tert-OH is 1. The van der Waals surface area contributed by atoms with E-state index in [0.29, 0.717) is 19.7 Å². The third-order valence-electron chi connectivity index (χ3n) is 2.06. The highest BCUT2D eigenvalue weighted by Gasteiger charge is 2.05. The summed E-state index contributed by atoms with van der Waals surface area (Å²) in [6.07, 6.45) is 1.22. The molecule has 0 aliphatic rings. The number of primary amides is 1. The molecule has 1 rings (SSSR count). The fourth-order valence-electron chi connectivity index (χ4n) is 1.23. The van der Waals surface area contributed by atoms with Crippen LogP contribution in [0.1, 0.15) is 12.2 Å². The number of aliphatic hydroxyl groups is 1. The van der Waals surface area contributed by atoms with Crippen molar-refractivity contribution >= 4 is 5.91 Å². The van der Waals surface area contributed by atoms with Crippen molar-refractivity contribution in [1.29, 1.82) is 0 Å². The van der Waals surface area contributed by atoms with Crippen LogP contribution in [0, 0.1) is 0 Å². The van der Waals surface area contributed by atoms with Crippen LogP contribution in [0.25, 0.3) is 0 Å². The number of hydrogen-bond acceptors (Lipinski definition) is 5. The van der Waals surface area contributed by atoms with E-state index >= 15 is 0 Å². The number of nitrogens with one attached hydrogen (secondary N) is 1. The van der Waals surface area contributed by atoms with Crippen LogP contribution in [0.3, 0.4) is 0 Å². The molecule has 1 aromatic heterocycles. The number of carbonyl (C=O) groups excluding carboxylic acids is 1. The Hall–Kier alpha value is -1.37. The summed E-state index contributed by atoms with van der Waals surface area (Å²) < 4.78 is 10.3. The Balaban J connectivity index is 1.97. The monoisotopic (exact) mass is 242 g/mol. The van der Waals surface area contributed by atoms with Gasteiger partial charge in [0.1, 0.15) is 12.4 Å². The highest BCUT2D eigenvalue weighted by atomic mass is 16.5. The number of nitrogens with two attached hydrogens (primary N) is 1. The predicted octanol–water partition coefficient (Wildman–Crippen LogP) is -0.378. The summed E-state index contributed by atoms with van der Waals surface area (Å²) in [5, 5.41) is 12.4. The maximum Gasteiger partial charge on any atom is 0.218 e. The zero-order valence-electron chi connectivity index (χ0n) is 9.59. The van der Waals surface area contributed by atoms with Crippen molar-refractivity contribution in [3.05, 3.63) is 24.2 Å². The summed E-state index contributed by atoms with van der Waals surface area (Å²) in [6.45, 7) is 1.38. The Bertz CT molecular complexity index is 313. The first-order chi connectivity index (χ1) is 8.18. The Kier molecular flexibility index (Phi) is 6.31. The molecule has 0 saturated heterocycles. The molecule has 0 aromatic carbocycles. The standard InChI is InChI=1S/C11H18N2O4/c12-11(15)3-4-13-6-9(14)7-16-8-10-2-1-5-17-10/h1-2,5,9,13-14H,3-4,6-8H2,(H2,12,15). The number of rotatable bonds is 9. The van der Waals surface area contributed by atoms with Crippen molar-refractivity contribution < 1.29 is 19.1 Å². The first-order valence-corrected chi connectivity index (χ1v) is 5.45. The molecule has 0 aliphatic heterocycles. The number of carbonyl (C=O) groups is 1. The van der Waals surface area contributed by atoms with Gasteiger partial charge in [0.15, 0.2) is 0 Å². The van der Waals surface area contributed by atoms with Gasteiger partial charge < -0.3 is 25.3 Å². The fourth-order valence-corrected chi connectivity index (χ4v) is 1.23. The summed E-state index contributed by atoms with van der Waals surface area (Å²) in [6, 6.07) is 3.58. The van der Waals surface area contributed by atoms with E-state index in [4.69, 9.17) is 14.9 Å². The van der Waals surface area contributed by atoms with Crippen molar-refractivity contribution in [2.45, 2.75) is 19.1 Å². The number of amides is 1. The zero-order chi connectivity index (χ0) is 12.5. The molecule has 6 nitrogen and oxygen atoms in total. The van der Waals surface area contributed by atoms with Gasteiger partial charge in [-0.1, -0.05) is 0 Å². The smallest absolute Gasteiger partial charge is 0.218 e. The predicted molar refractivity (Wildman–Crippen MR) is 61.1 cm³/mol. The maximum atomic E-state index is 10.4. The van der Waals surface area contributed by atoms with Crippen molar-refractivity contribution in [3.8, 4) is 0 Å². The van der Waals surface area contributed by atoms with Gasteiger partial charge in [0.2, 0.25) is 5.91 Å². The average Bonchev–Trinajstić information content (AvgIpc) is 2.77. The first-order valence-electron chi connectivity index (χ1n) is 5.45. The summed E-state index contributed by atoms with van der Waals surface area (Å²) in [7, 11) is 0. The zero-order valence-corrected chi connectivity index (χ0v) is 9.59. The molecular weight excluding hydrogens is 224 g/mol. The number of hydrogen-bond donors (Lipinski definition) is 3. The topological polar surface area (TPSA) is 97.7 Å². The first kappa shape index (κ1) is 13.7. The van der Waals surface area contributed by atoms with Crippen LogP contribution in [0.2, 0.25) is 0 Å². The molecule has 0 saturated carbocycles. The molecule has 1 aromatic rings. The maximum absolute atomic E-state index is 10.4. The van der Waals surface area contributed by atoms with Crippen molar-refractivity contribution in [3.63, 3.8) is 0 Å². The van der Waals surface area contributed by atoms with E-state index in [1.54, 1.807) is 18.4 Å². The molecule has 0 spiro atoms. The third kappa shape index (κ3) is 6.72. The van der Waals surface area contributed by atoms with Crippen LogP contribution in [0.15, 0.2) is 22.8 Å². The van der Waals surface area contributed by atoms with Crippen LogP contribution in [-0.4, -0.2) is 36.8 Å². The summed E-state index contributed by atoms with van der Waals surface area (Å²) in [5.41, 5.74) is 4.97. The molecule has 1 unspecified atom stereocenters.